The molecule has 0 saturated heterocycles. The monoisotopic (exact) mass is 265 g/mol. The second kappa shape index (κ2) is 6.78. The summed E-state index contributed by atoms with van der Waals surface area (Å²) >= 11 is 0. The predicted octanol–water partition coefficient (Wildman–Crippen LogP) is 4.38. The number of alkyl halides is 3. The van der Waals surface area contributed by atoms with E-state index in [-0.39, 0.29) is 0 Å². The highest BCUT2D eigenvalue weighted by Crippen LogP contribution is 2.41. The molecule has 1 saturated carbocycles. The molecule has 1 aliphatic rings. The molecule has 4 heteroatoms. The third-order valence-electron chi connectivity index (χ3n) is 4.09. The van der Waals surface area contributed by atoms with E-state index in [1.165, 1.54) is 0 Å². The Kier molecular flexibility index (Phi) is 5.96. The normalized spacial score (nSPS) is 27.5. The summed E-state index contributed by atoms with van der Waals surface area (Å²) in [6, 6.07) is 0.374. The van der Waals surface area contributed by atoms with Crippen LogP contribution in [0, 0.1) is 17.8 Å². The van der Waals surface area contributed by atoms with Crippen LogP contribution in [0.2, 0.25) is 0 Å². The van der Waals surface area contributed by atoms with Gasteiger partial charge in [0.25, 0.3) is 0 Å². The molecule has 0 aromatic heterocycles. The molecule has 0 aliphatic heterocycles. The van der Waals surface area contributed by atoms with Gasteiger partial charge in [-0.3, -0.25) is 0 Å². The molecule has 0 amide bonds. The van der Waals surface area contributed by atoms with Crippen LogP contribution in [0.4, 0.5) is 13.2 Å². The van der Waals surface area contributed by atoms with Gasteiger partial charge in [0.2, 0.25) is 0 Å². The maximum absolute atomic E-state index is 12.6. The van der Waals surface area contributed by atoms with Crippen LogP contribution in [0.1, 0.15) is 52.9 Å². The molecular weight excluding hydrogens is 239 g/mol. The van der Waals surface area contributed by atoms with Gasteiger partial charge in [-0.05, 0) is 50.5 Å². The van der Waals surface area contributed by atoms with Crippen molar-refractivity contribution < 1.29 is 13.2 Å². The van der Waals surface area contributed by atoms with Crippen molar-refractivity contribution >= 4 is 0 Å². The van der Waals surface area contributed by atoms with E-state index < -0.39 is 12.1 Å². The van der Waals surface area contributed by atoms with Gasteiger partial charge in [-0.2, -0.15) is 13.2 Å². The van der Waals surface area contributed by atoms with Crippen LogP contribution in [0.5, 0.6) is 0 Å². The highest BCUT2D eigenvalue weighted by Gasteiger charge is 2.42. The molecule has 1 N–H and O–H groups in total. The molecule has 1 atom stereocenters. The lowest BCUT2D eigenvalue weighted by Gasteiger charge is -2.37. The lowest BCUT2D eigenvalue weighted by molar-refractivity contribution is -0.184. The number of rotatable bonds is 5. The molecule has 108 valence electrons. The van der Waals surface area contributed by atoms with Gasteiger partial charge in [-0.1, -0.05) is 20.8 Å². The van der Waals surface area contributed by atoms with Crippen LogP contribution in [0.25, 0.3) is 0 Å². The van der Waals surface area contributed by atoms with Crippen molar-refractivity contribution in [2.75, 3.05) is 6.54 Å². The van der Waals surface area contributed by atoms with Gasteiger partial charge < -0.3 is 5.32 Å². The van der Waals surface area contributed by atoms with Crippen molar-refractivity contribution in [1.82, 2.24) is 5.32 Å². The van der Waals surface area contributed by atoms with Gasteiger partial charge >= 0.3 is 6.18 Å². The van der Waals surface area contributed by atoms with E-state index in [0.717, 1.165) is 13.0 Å². The number of hydrogen-bond acceptors (Lipinski definition) is 1. The first-order valence-electron chi connectivity index (χ1n) is 7.16. The lowest BCUT2D eigenvalue weighted by Crippen LogP contribution is -2.43. The molecule has 1 nitrogen and oxygen atoms in total. The van der Waals surface area contributed by atoms with Crippen LogP contribution in [0.15, 0.2) is 0 Å². The summed E-state index contributed by atoms with van der Waals surface area (Å²) in [5.74, 6) is -0.160. The third kappa shape index (κ3) is 4.45. The van der Waals surface area contributed by atoms with Gasteiger partial charge in [0.1, 0.15) is 0 Å². The second-order valence-electron chi connectivity index (χ2n) is 5.88. The van der Waals surface area contributed by atoms with E-state index in [2.05, 4.69) is 26.1 Å². The second-order valence-corrected chi connectivity index (χ2v) is 5.88. The summed E-state index contributed by atoms with van der Waals surface area (Å²) in [5.41, 5.74) is 0. The van der Waals surface area contributed by atoms with E-state index >= 15 is 0 Å². The predicted molar refractivity (Wildman–Crippen MR) is 68.4 cm³/mol. The van der Waals surface area contributed by atoms with E-state index in [1.54, 1.807) is 0 Å². The summed E-state index contributed by atoms with van der Waals surface area (Å²) in [7, 11) is 0. The zero-order valence-corrected chi connectivity index (χ0v) is 11.7. The van der Waals surface area contributed by atoms with Crippen LogP contribution >= 0.6 is 0 Å². The SMILES string of the molecule is CCCNC(C(C)C)C1CCC(C(F)(F)F)CC1. The van der Waals surface area contributed by atoms with Crippen molar-refractivity contribution in [3.63, 3.8) is 0 Å². The Labute approximate surface area is 109 Å². The molecule has 0 heterocycles. The average molecular weight is 265 g/mol. The maximum Gasteiger partial charge on any atom is 0.391 e. The van der Waals surface area contributed by atoms with Crippen LogP contribution in [-0.4, -0.2) is 18.8 Å². The highest BCUT2D eigenvalue weighted by atomic mass is 19.4. The molecule has 1 rings (SSSR count). The first kappa shape index (κ1) is 15.8. The van der Waals surface area contributed by atoms with Crippen molar-refractivity contribution in [1.29, 1.82) is 0 Å². The number of nitrogens with one attached hydrogen (secondary N) is 1. The summed E-state index contributed by atoms with van der Waals surface area (Å²) in [6.07, 6.45) is -0.875. The minimum atomic E-state index is -3.99. The molecule has 1 aliphatic carbocycles. The Bertz CT molecular complexity index is 230. The van der Waals surface area contributed by atoms with Crippen molar-refractivity contribution in [3.8, 4) is 0 Å². The topological polar surface area (TPSA) is 12.0 Å². The maximum atomic E-state index is 12.6. The molecule has 0 aromatic rings. The molecule has 1 fully saturated rings. The summed E-state index contributed by atoms with van der Waals surface area (Å²) in [5, 5.41) is 3.51. The van der Waals surface area contributed by atoms with Crippen LogP contribution < -0.4 is 5.32 Å². The lowest BCUT2D eigenvalue weighted by atomic mass is 9.75. The Morgan fingerprint density at radius 2 is 1.67 bits per heavy atom. The van der Waals surface area contributed by atoms with Gasteiger partial charge in [-0.25, -0.2) is 0 Å². The van der Waals surface area contributed by atoms with E-state index in [0.29, 0.717) is 43.6 Å². The zero-order valence-electron chi connectivity index (χ0n) is 11.7. The Hall–Kier alpha value is -0.250. The highest BCUT2D eigenvalue weighted by molar-refractivity contribution is 4.85. The van der Waals surface area contributed by atoms with Crippen molar-refractivity contribution in [3.05, 3.63) is 0 Å². The smallest absolute Gasteiger partial charge is 0.313 e. The third-order valence-corrected chi connectivity index (χ3v) is 4.09. The fraction of sp³-hybridized carbons (Fsp3) is 1.00. The standard InChI is InChI=1S/C14H26F3N/c1-4-9-18-13(10(2)3)11-5-7-12(8-6-11)14(15,16)17/h10-13,18H,4-9H2,1-3H3. The fourth-order valence-corrected chi connectivity index (χ4v) is 3.06. The van der Waals surface area contributed by atoms with Crippen LogP contribution in [-0.2, 0) is 0 Å². The largest absolute Gasteiger partial charge is 0.391 e. The minimum Gasteiger partial charge on any atom is -0.313 e. The Balaban J connectivity index is 2.48. The number of halogens is 3. The van der Waals surface area contributed by atoms with Gasteiger partial charge in [0, 0.05) is 6.04 Å². The van der Waals surface area contributed by atoms with Crippen molar-refractivity contribution in [2.45, 2.75) is 65.1 Å². The quantitative estimate of drug-likeness (QED) is 0.778. The van der Waals surface area contributed by atoms with Gasteiger partial charge in [0.05, 0.1) is 5.92 Å². The van der Waals surface area contributed by atoms with Crippen molar-refractivity contribution in [2.24, 2.45) is 17.8 Å². The Morgan fingerprint density at radius 3 is 2.06 bits per heavy atom. The molecule has 18 heavy (non-hydrogen) atoms. The Morgan fingerprint density at radius 1 is 1.11 bits per heavy atom. The van der Waals surface area contributed by atoms with E-state index in [9.17, 15) is 13.2 Å². The summed E-state index contributed by atoms with van der Waals surface area (Å²) in [4.78, 5) is 0. The molecular formula is C14H26F3N. The minimum absolute atomic E-state index is 0.311. The average Bonchev–Trinajstić information content (AvgIpc) is 2.28. The number of hydrogen-bond donors (Lipinski definition) is 1. The molecule has 1 unspecified atom stereocenters. The van der Waals surface area contributed by atoms with Crippen LogP contribution in [0.3, 0.4) is 0 Å². The zero-order chi connectivity index (χ0) is 13.8. The van der Waals surface area contributed by atoms with Gasteiger partial charge in [0.15, 0.2) is 0 Å². The van der Waals surface area contributed by atoms with Gasteiger partial charge in [-0.15, -0.1) is 0 Å². The molecule has 0 aromatic carbocycles. The first-order chi connectivity index (χ1) is 8.36. The first-order valence-corrected chi connectivity index (χ1v) is 7.16. The fourth-order valence-electron chi connectivity index (χ4n) is 3.06. The molecule has 0 spiro atoms. The molecule has 0 radical (unpaired) electrons. The van der Waals surface area contributed by atoms with E-state index in [1.807, 2.05) is 0 Å². The summed E-state index contributed by atoms with van der Waals surface area (Å²) < 4.78 is 37.8. The molecule has 0 bridgehead atoms. The van der Waals surface area contributed by atoms with E-state index in [4.69, 9.17) is 0 Å². The summed E-state index contributed by atoms with van der Waals surface area (Å²) in [6.45, 7) is 7.39.